The highest BCUT2D eigenvalue weighted by Crippen LogP contribution is 2.33. The number of nitrogens with two attached hydrogens (primary N) is 1. The molecule has 1 aliphatic rings. The largest absolute Gasteiger partial charge is 0.377 e. The molecule has 1 aromatic rings. The first-order chi connectivity index (χ1) is 9.72. The molecule has 1 heterocycles. The summed E-state index contributed by atoms with van der Waals surface area (Å²) in [5.74, 6) is 1.10. The highest BCUT2D eigenvalue weighted by atomic mass is 16.5. The Morgan fingerprint density at radius 2 is 2.05 bits per heavy atom. The van der Waals surface area contributed by atoms with Crippen molar-refractivity contribution in [2.45, 2.75) is 76.5 Å². The van der Waals surface area contributed by atoms with Crippen LogP contribution in [0, 0.1) is 0 Å². The van der Waals surface area contributed by atoms with Crippen LogP contribution in [0.5, 0.6) is 0 Å². The molecular formula is C16H29N3O. The van der Waals surface area contributed by atoms with Crippen molar-refractivity contribution < 1.29 is 4.74 Å². The quantitative estimate of drug-likeness (QED) is 0.815. The van der Waals surface area contributed by atoms with Gasteiger partial charge in [0.05, 0.1) is 5.60 Å². The molecule has 2 N–H and O–H groups in total. The van der Waals surface area contributed by atoms with Crippen molar-refractivity contribution in [2.75, 3.05) is 7.11 Å². The van der Waals surface area contributed by atoms with Gasteiger partial charge in [0.2, 0.25) is 0 Å². The SMILES string of the molecule is CCCn1ccnc1CC(N)C1(OC)CCCCCC1. The maximum Gasteiger partial charge on any atom is 0.110 e. The van der Waals surface area contributed by atoms with E-state index in [-0.39, 0.29) is 11.6 Å². The van der Waals surface area contributed by atoms with Crippen LogP contribution in [0.2, 0.25) is 0 Å². The summed E-state index contributed by atoms with van der Waals surface area (Å²) in [5.41, 5.74) is 6.39. The molecule has 0 spiro atoms. The van der Waals surface area contributed by atoms with Gasteiger partial charge in [-0.15, -0.1) is 0 Å². The molecule has 0 saturated heterocycles. The third-order valence-corrected chi connectivity index (χ3v) is 4.70. The Labute approximate surface area is 122 Å². The lowest BCUT2D eigenvalue weighted by Crippen LogP contribution is -2.50. The average Bonchev–Trinajstić information content (AvgIpc) is 2.75. The van der Waals surface area contributed by atoms with Gasteiger partial charge in [-0.3, -0.25) is 0 Å². The van der Waals surface area contributed by atoms with Crippen LogP contribution in [0.3, 0.4) is 0 Å². The number of ether oxygens (including phenoxy) is 1. The van der Waals surface area contributed by atoms with Gasteiger partial charge in [0.15, 0.2) is 0 Å². The zero-order valence-corrected chi connectivity index (χ0v) is 13.0. The van der Waals surface area contributed by atoms with E-state index in [0.29, 0.717) is 0 Å². The van der Waals surface area contributed by atoms with Gasteiger partial charge < -0.3 is 15.0 Å². The Bertz CT molecular complexity index is 394. The van der Waals surface area contributed by atoms with Gasteiger partial charge in [-0.25, -0.2) is 4.98 Å². The van der Waals surface area contributed by atoms with E-state index in [0.717, 1.165) is 38.1 Å². The van der Waals surface area contributed by atoms with Gasteiger partial charge in [-0.2, -0.15) is 0 Å². The lowest BCUT2D eigenvalue weighted by Gasteiger charge is -2.37. The molecule has 0 bridgehead atoms. The minimum Gasteiger partial charge on any atom is -0.377 e. The van der Waals surface area contributed by atoms with Crippen molar-refractivity contribution in [3.63, 3.8) is 0 Å². The van der Waals surface area contributed by atoms with Crippen molar-refractivity contribution in [1.82, 2.24) is 9.55 Å². The van der Waals surface area contributed by atoms with Crippen molar-refractivity contribution in [3.8, 4) is 0 Å². The Hall–Kier alpha value is -0.870. The molecule has 114 valence electrons. The summed E-state index contributed by atoms with van der Waals surface area (Å²) >= 11 is 0. The van der Waals surface area contributed by atoms with Gasteiger partial charge in [0.1, 0.15) is 5.82 Å². The van der Waals surface area contributed by atoms with Crippen LogP contribution >= 0.6 is 0 Å². The Kier molecular flexibility index (Phi) is 5.61. The number of nitrogens with zero attached hydrogens (tertiary/aromatic N) is 2. The van der Waals surface area contributed by atoms with E-state index in [1.54, 1.807) is 0 Å². The molecule has 4 heteroatoms. The van der Waals surface area contributed by atoms with Gasteiger partial charge in [0, 0.05) is 38.5 Å². The number of hydrogen-bond donors (Lipinski definition) is 1. The summed E-state index contributed by atoms with van der Waals surface area (Å²) < 4.78 is 8.13. The molecule has 1 aliphatic carbocycles. The van der Waals surface area contributed by atoms with Crippen LogP contribution in [0.25, 0.3) is 0 Å². The standard InChI is InChI=1S/C16H29N3O/c1-3-11-19-12-10-18-15(19)13-14(17)16(20-2)8-6-4-5-7-9-16/h10,12,14H,3-9,11,13,17H2,1-2H3. The minimum atomic E-state index is -0.153. The molecule has 2 rings (SSSR count). The fraction of sp³-hybridized carbons (Fsp3) is 0.812. The zero-order chi connectivity index (χ0) is 14.4. The highest BCUT2D eigenvalue weighted by molar-refractivity contribution is 5.02. The summed E-state index contributed by atoms with van der Waals surface area (Å²) in [6, 6.07) is 0.0311. The van der Waals surface area contributed by atoms with Crippen molar-refractivity contribution >= 4 is 0 Å². The normalized spacial score (nSPS) is 20.6. The molecule has 1 atom stereocenters. The molecule has 20 heavy (non-hydrogen) atoms. The fourth-order valence-corrected chi connectivity index (χ4v) is 3.41. The molecule has 4 nitrogen and oxygen atoms in total. The smallest absolute Gasteiger partial charge is 0.110 e. The molecule has 1 fully saturated rings. The second-order valence-corrected chi connectivity index (χ2v) is 6.03. The topological polar surface area (TPSA) is 53.1 Å². The average molecular weight is 279 g/mol. The van der Waals surface area contributed by atoms with Gasteiger partial charge in [0.25, 0.3) is 0 Å². The van der Waals surface area contributed by atoms with Crippen LogP contribution in [0.15, 0.2) is 12.4 Å². The molecular weight excluding hydrogens is 250 g/mol. The molecule has 1 saturated carbocycles. The third kappa shape index (κ3) is 3.41. The first-order valence-corrected chi connectivity index (χ1v) is 8.02. The van der Waals surface area contributed by atoms with Crippen molar-refractivity contribution in [3.05, 3.63) is 18.2 Å². The van der Waals surface area contributed by atoms with Crippen molar-refractivity contribution in [1.29, 1.82) is 0 Å². The van der Waals surface area contributed by atoms with E-state index in [2.05, 4.69) is 22.7 Å². The maximum absolute atomic E-state index is 6.54. The van der Waals surface area contributed by atoms with E-state index < -0.39 is 0 Å². The molecule has 1 unspecified atom stereocenters. The number of hydrogen-bond acceptors (Lipinski definition) is 3. The van der Waals surface area contributed by atoms with Gasteiger partial charge in [-0.05, 0) is 19.3 Å². The number of rotatable bonds is 6. The Balaban J connectivity index is 2.08. The van der Waals surface area contributed by atoms with E-state index in [9.17, 15) is 0 Å². The number of methoxy groups -OCH3 is 1. The number of aromatic nitrogens is 2. The van der Waals surface area contributed by atoms with Crippen molar-refractivity contribution in [2.24, 2.45) is 5.73 Å². The Morgan fingerprint density at radius 3 is 2.65 bits per heavy atom. The fourth-order valence-electron chi connectivity index (χ4n) is 3.41. The summed E-state index contributed by atoms with van der Waals surface area (Å²) in [6.07, 6.45) is 13.1. The monoisotopic (exact) mass is 279 g/mol. The Morgan fingerprint density at radius 1 is 1.35 bits per heavy atom. The second-order valence-electron chi connectivity index (χ2n) is 6.03. The van der Waals surface area contributed by atoms with E-state index in [4.69, 9.17) is 10.5 Å². The third-order valence-electron chi connectivity index (χ3n) is 4.70. The zero-order valence-electron chi connectivity index (χ0n) is 13.0. The van der Waals surface area contributed by atoms with Crippen LogP contribution in [0.4, 0.5) is 0 Å². The summed E-state index contributed by atoms with van der Waals surface area (Å²) in [7, 11) is 1.82. The first-order valence-electron chi connectivity index (χ1n) is 8.02. The van der Waals surface area contributed by atoms with Crippen LogP contribution in [-0.4, -0.2) is 28.3 Å². The predicted octanol–water partition coefficient (Wildman–Crippen LogP) is 2.90. The number of imidazole rings is 1. The summed E-state index contributed by atoms with van der Waals surface area (Å²) in [4.78, 5) is 4.49. The summed E-state index contributed by atoms with van der Waals surface area (Å²) in [6.45, 7) is 3.20. The second kappa shape index (κ2) is 7.23. The van der Waals surface area contributed by atoms with Crippen LogP contribution in [0.1, 0.15) is 57.7 Å². The molecule has 1 aromatic heterocycles. The van der Waals surface area contributed by atoms with Gasteiger partial charge in [-0.1, -0.05) is 32.6 Å². The van der Waals surface area contributed by atoms with Gasteiger partial charge >= 0.3 is 0 Å². The van der Waals surface area contributed by atoms with E-state index in [1.807, 2.05) is 13.3 Å². The molecule has 0 radical (unpaired) electrons. The van der Waals surface area contributed by atoms with E-state index >= 15 is 0 Å². The molecule has 0 aromatic carbocycles. The van der Waals surface area contributed by atoms with Crippen LogP contribution < -0.4 is 5.73 Å². The number of aryl methyl sites for hydroxylation is 1. The predicted molar refractivity (Wildman–Crippen MR) is 81.6 cm³/mol. The van der Waals surface area contributed by atoms with Crippen LogP contribution in [-0.2, 0) is 17.7 Å². The molecule has 0 aliphatic heterocycles. The maximum atomic E-state index is 6.54. The lowest BCUT2D eigenvalue weighted by molar-refractivity contribution is -0.0435. The van der Waals surface area contributed by atoms with E-state index in [1.165, 1.54) is 25.7 Å². The first kappa shape index (κ1) is 15.5. The molecule has 0 amide bonds. The summed E-state index contributed by atoms with van der Waals surface area (Å²) in [5, 5.41) is 0. The minimum absolute atomic E-state index is 0.0311. The lowest BCUT2D eigenvalue weighted by atomic mass is 9.84. The highest BCUT2D eigenvalue weighted by Gasteiger charge is 2.37.